The van der Waals surface area contributed by atoms with E-state index in [4.69, 9.17) is 0 Å². The smallest absolute Gasteiger partial charge is 0.337 e. The summed E-state index contributed by atoms with van der Waals surface area (Å²) in [5.74, 6) is -0.0612. The SMILES string of the molecule is COC(=O)c1ccc(CN(Cc2ccc3nc(C(C)C)sc3c2)S(=O)[O-])cc1. The van der Waals surface area contributed by atoms with Crippen LogP contribution >= 0.6 is 11.3 Å². The molecule has 6 nitrogen and oxygen atoms in total. The van der Waals surface area contributed by atoms with E-state index in [1.54, 1.807) is 35.6 Å². The number of aromatic nitrogens is 1. The zero-order valence-electron chi connectivity index (χ0n) is 15.9. The zero-order valence-corrected chi connectivity index (χ0v) is 17.5. The van der Waals surface area contributed by atoms with Crippen LogP contribution in [-0.2, 0) is 29.1 Å². The molecule has 0 fully saturated rings. The number of fused-ring (bicyclic) bond motifs is 1. The molecule has 0 saturated carbocycles. The zero-order chi connectivity index (χ0) is 20.3. The number of rotatable bonds is 7. The van der Waals surface area contributed by atoms with Gasteiger partial charge in [-0.05, 0) is 35.4 Å². The van der Waals surface area contributed by atoms with Crippen LogP contribution in [0.4, 0.5) is 0 Å². The first kappa shape index (κ1) is 20.6. The Hall–Kier alpha value is -2.13. The Balaban J connectivity index is 1.76. The highest BCUT2D eigenvalue weighted by Gasteiger charge is 2.12. The van der Waals surface area contributed by atoms with Crippen molar-refractivity contribution in [1.82, 2.24) is 9.29 Å². The van der Waals surface area contributed by atoms with E-state index in [0.717, 1.165) is 26.4 Å². The van der Waals surface area contributed by atoms with Crippen molar-refractivity contribution < 1.29 is 18.3 Å². The van der Waals surface area contributed by atoms with Crippen LogP contribution in [0, 0.1) is 0 Å². The first-order valence-corrected chi connectivity index (χ1v) is 10.6. The van der Waals surface area contributed by atoms with Crippen LogP contribution < -0.4 is 0 Å². The number of thiazole rings is 1. The third kappa shape index (κ3) is 4.82. The molecule has 0 aliphatic heterocycles. The first-order chi connectivity index (χ1) is 13.4. The van der Waals surface area contributed by atoms with E-state index < -0.39 is 17.2 Å². The molecule has 8 heteroatoms. The monoisotopic (exact) mass is 417 g/mol. The van der Waals surface area contributed by atoms with Crippen LogP contribution in [0.2, 0.25) is 0 Å². The Labute approximate surface area is 170 Å². The fraction of sp³-hybridized carbons (Fsp3) is 0.300. The third-order valence-corrected chi connectivity index (χ3v) is 6.27. The summed E-state index contributed by atoms with van der Waals surface area (Å²) >= 11 is -0.738. The average Bonchev–Trinajstić information content (AvgIpc) is 3.11. The molecule has 0 saturated heterocycles. The standard InChI is InChI=1S/C20H22N2O4S2/c1-13(2)19-21-17-9-6-15(10-18(17)27-19)12-22(28(24)25)11-14-4-7-16(8-5-14)20(23)26-3/h4-10,13H,11-12H2,1-3H3,(H,24,25)/p-1. The van der Waals surface area contributed by atoms with Gasteiger partial charge in [-0.3, -0.25) is 4.21 Å². The molecule has 1 heterocycles. The molecular weight excluding hydrogens is 396 g/mol. The van der Waals surface area contributed by atoms with Gasteiger partial charge in [-0.1, -0.05) is 32.0 Å². The number of esters is 1. The number of methoxy groups -OCH3 is 1. The molecule has 0 N–H and O–H groups in total. The maximum Gasteiger partial charge on any atom is 0.337 e. The summed E-state index contributed by atoms with van der Waals surface area (Å²) in [6.07, 6.45) is 0. The summed E-state index contributed by atoms with van der Waals surface area (Å²) in [7, 11) is 1.32. The highest BCUT2D eigenvalue weighted by atomic mass is 32.2. The van der Waals surface area contributed by atoms with Gasteiger partial charge in [-0.25, -0.2) is 14.1 Å². The molecule has 0 aliphatic carbocycles. The molecule has 0 spiro atoms. The molecule has 0 bridgehead atoms. The van der Waals surface area contributed by atoms with Crippen molar-refractivity contribution in [1.29, 1.82) is 0 Å². The highest BCUT2D eigenvalue weighted by molar-refractivity contribution is 7.76. The fourth-order valence-electron chi connectivity index (χ4n) is 2.76. The minimum absolute atomic E-state index is 0.218. The maximum absolute atomic E-state index is 11.7. The van der Waals surface area contributed by atoms with Crippen molar-refractivity contribution in [2.45, 2.75) is 32.9 Å². The second kappa shape index (κ2) is 8.91. The molecule has 1 atom stereocenters. The van der Waals surface area contributed by atoms with E-state index in [0.29, 0.717) is 11.5 Å². The number of carbonyl (C=O) groups is 1. The molecule has 2 aromatic carbocycles. The van der Waals surface area contributed by atoms with Crippen LogP contribution in [-0.4, -0.2) is 31.1 Å². The molecule has 0 amide bonds. The van der Waals surface area contributed by atoms with Gasteiger partial charge < -0.3 is 9.29 Å². The van der Waals surface area contributed by atoms with E-state index in [2.05, 4.69) is 23.6 Å². The molecule has 28 heavy (non-hydrogen) atoms. The van der Waals surface area contributed by atoms with Crippen molar-refractivity contribution in [3.8, 4) is 0 Å². The van der Waals surface area contributed by atoms with E-state index >= 15 is 0 Å². The fourth-order valence-corrected chi connectivity index (χ4v) is 4.31. The molecule has 1 aromatic heterocycles. The molecule has 0 aliphatic rings. The van der Waals surface area contributed by atoms with Crippen molar-refractivity contribution >= 4 is 38.8 Å². The van der Waals surface area contributed by atoms with Crippen LogP contribution in [0.1, 0.15) is 46.3 Å². The topological polar surface area (TPSA) is 82.6 Å². The van der Waals surface area contributed by atoms with Gasteiger partial charge >= 0.3 is 5.97 Å². The number of carbonyl (C=O) groups excluding carboxylic acids is 1. The van der Waals surface area contributed by atoms with Crippen LogP contribution in [0.15, 0.2) is 42.5 Å². The van der Waals surface area contributed by atoms with Crippen molar-refractivity contribution in [3.63, 3.8) is 0 Å². The van der Waals surface area contributed by atoms with Crippen LogP contribution in [0.5, 0.6) is 0 Å². The molecule has 1 unspecified atom stereocenters. The van der Waals surface area contributed by atoms with Crippen molar-refractivity contribution in [2.75, 3.05) is 7.11 Å². The molecule has 148 valence electrons. The molecular formula is C20H21N2O4S2-. The predicted octanol–water partition coefficient (Wildman–Crippen LogP) is 4.00. The number of ether oxygens (including phenoxy) is 1. The van der Waals surface area contributed by atoms with E-state index in [1.165, 1.54) is 11.4 Å². The summed E-state index contributed by atoms with van der Waals surface area (Å²) in [6.45, 7) is 4.69. The summed E-state index contributed by atoms with van der Waals surface area (Å²) in [5, 5.41) is 1.07. The Bertz CT molecular complexity index is 999. The number of benzene rings is 2. The Kier molecular flexibility index (Phi) is 6.56. The van der Waals surface area contributed by atoms with Gasteiger partial charge in [0.25, 0.3) is 0 Å². The maximum atomic E-state index is 11.7. The lowest BCUT2D eigenvalue weighted by Gasteiger charge is -2.24. The highest BCUT2D eigenvalue weighted by Crippen LogP contribution is 2.28. The summed E-state index contributed by atoms with van der Waals surface area (Å²) in [6, 6.07) is 12.6. The minimum atomic E-state index is -2.38. The second-order valence-electron chi connectivity index (χ2n) is 6.71. The van der Waals surface area contributed by atoms with E-state index in [9.17, 15) is 13.6 Å². The van der Waals surface area contributed by atoms with Gasteiger partial charge in [-0.2, -0.15) is 0 Å². The van der Waals surface area contributed by atoms with Crippen molar-refractivity contribution in [3.05, 3.63) is 64.2 Å². The van der Waals surface area contributed by atoms with Gasteiger partial charge in [0.2, 0.25) is 0 Å². The Morgan fingerprint density at radius 1 is 1.18 bits per heavy atom. The quantitative estimate of drug-likeness (QED) is 0.429. The largest absolute Gasteiger partial charge is 0.760 e. The molecule has 3 rings (SSSR count). The summed E-state index contributed by atoms with van der Waals surface area (Å²) < 4.78 is 30.5. The summed E-state index contributed by atoms with van der Waals surface area (Å²) in [5.41, 5.74) is 3.06. The van der Waals surface area contributed by atoms with Crippen LogP contribution in [0.3, 0.4) is 0 Å². The Morgan fingerprint density at radius 3 is 2.43 bits per heavy atom. The second-order valence-corrected chi connectivity index (χ2v) is 8.73. The predicted molar refractivity (Wildman–Crippen MR) is 110 cm³/mol. The number of hydrogen-bond donors (Lipinski definition) is 0. The van der Waals surface area contributed by atoms with Gasteiger partial charge in [0.15, 0.2) is 0 Å². The molecule has 3 aromatic rings. The lowest BCUT2D eigenvalue weighted by molar-refractivity contribution is 0.0600. The van der Waals surface area contributed by atoms with Crippen LogP contribution in [0.25, 0.3) is 10.2 Å². The average molecular weight is 418 g/mol. The van der Waals surface area contributed by atoms with E-state index in [1.807, 2.05) is 18.2 Å². The third-order valence-electron chi connectivity index (χ3n) is 4.27. The first-order valence-electron chi connectivity index (χ1n) is 8.78. The molecule has 0 radical (unpaired) electrons. The minimum Gasteiger partial charge on any atom is -0.760 e. The van der Waals surface area contributed by atoms with Gasteiger partial charge in [0.1, 0.15) is 0 Å². The van der Waals surface area contributed by atoms with Gasteiger partial charge in [-0.15, -0.1) is 11.3 Å². The van der Waals surface area contributed by atoms with Crippen molar-refractivity contribution in [2.24, 2.45) is 0 Å². The number of hydrogen-bond acceptors (Lipinski definition) is 6. The van der Waals surface area contributed by atoms with Gasteiger partial charge in [0.05, 0.1) is 27.9 Å². The lowest BCUT2D eigenvalue weighted by atomic mass is 10.1. The number of nitrogens with zero attached hydrogens (tertiary/aromatic N) is 2. The van der Waals surface area contributed by atoms with E-state index in [-0.39, 0.29) is 13.1 Å². The van der Waals surface area contributed by atoms with Gasteiger partial charge in [0, 0.05) is 30.3 Å². The normalized spacial score (nSPS) is 12.6. The lowest BCUT2D eigenvalue weighted by Crippen LogP contribution is -2.24. The summed E-state index contributed by atoms with van der Waals surface area (Å²) in [4.78, 5) is 16.1. The Morgan fingerprint density at radius 2 is 1.82 bits per heavy atom.